The van der Waals surface area contributed by atoms with Crippen molar-refractivity contribution in [1.29, 1.82) is 0 Å². The standard InChI is InChI=1S/C17H12ClN3O2/c18-12-4-9-15(16-3-1-2-10-19-16)17(11-12)20-13-5-7-14(8-6-13)21(22)23/h1-11,20H. The Balaban J connectivity index is 1.96. The van der Waals surface area contributed by atoms with E-state index < -0.39 is 4.92 Å². The van der Waals surface area contributed by atoms with Crippen LogP contribution in [0.3, 0.4) is 0 Å². The van der Waals surface area contributed by atoms with Crippen LogP contribution in [-0.4, -0.2) is 9.91 Å². The van der Waals surface area contributed by atoms with Crippen LogP contribution in [-0.2, 0) is 0 Å². The van der Waals surface area contributed by atoms with Crippen LogP contribution in [0, 0.1) is 10.1 Å². The molecule has 5 nitrogen and oxygen atoms in total. The summed E-state index contributed by atoms with van der Waals surface area (Å²) in [6.07, 6.45) is 1.72. The number of nitro groups is 1. The van der Waals surface area contributed by atoms with Crippen molar-refractivity contribution < 1.29 is 4.92 Å². The summed E-state index contributed by atoms with van der Waals surface area (Å²) in [6, 6.07) is 17.4. The van der Waals surface area contributed by atoms with Crippen molar-refractivity contribution in [3.8, 4) is 11.3 Å². The van der Waals surface area contributed by atoms with Gasteiger partial charge in [-0.3, -0.25) is 15.1 Å². The highest BCUT2D eigenvalue weighted by atomic mass is 35.5. The Labute approximate surface area is 137 Å². The van der Waals surface area contributed by atoms with Gasteiger partial charge in [0.15, 0.2) is 0 Å². The molecule has 1 heterocycles. The smallest absolute Gasteiger partial charge is 0.269 e. The summed E-state index contributed by atoms with van der Waals surface area (Å²) in [6.45, 7) is 0. The van der Waals surface area contributed by atoms with Crippen LogP contribution in [0.1, 0.15) is 0 Å². The monoisotopic (exact) mass is 325 g/mol. The van der Waals surface area contributed by atoms with Crippen LogP contribution in [0.25, 0.3) is 11.3 Å². The molecule has 0 aliphatic carbocycles. The zero-order valence-corrected chi connectivity index (χ0v) is 12.7. The largest absolute Gasteiger partial charge is 0.355 e. The summed E-state index contributed by atoms with van der Waals surface area (Å²) in [7, 11) is 0. The van der Waals surface area contributed by atoms with Crippen molar-refractivity contribution in [3.63, 3.8) is 0 Å². The molecule has 0 fully saturated rings. The number of nitro benzene ring substituents is 1. The lowest BCUT2D eigenvalue weighted by molar-refractivity contribution is -0.384. The highest BCUT2D eigenvalue weighted by Gasteiger charge is 2.09. The van der Waals surface area contributed by atoms with E-state index in [1.54, 1.807) is 30.5 Å². The number of nitrogens with zero attached hydrogens (tertiary/aromatic N) is 2. The minimum absolute atomic E-state index is 0.0478. The van der Waals surface area contributed by atoms with E-state index in [0.717, 1.165) is 22.6 Å². The minimum Gasteiger partial charge on any atom is -0.355 e. The molecule has 114 valence electrons. The molecular formula is C17H12ClN3O2. The summed E-state index contributed by atoms with van der Waals surface area (Å²) in [4.78, 5) is 14.6. The second kappa shape index (κ2) is 6.46. The Bertz CT molecular complexity index is 836. The van der Waals surface area contributed by atoms with Gasteiger partial charge < -0.3 is 5.32 Å². The van der Waals surface area contributed by atoms with Crippen LogP contribution < -0.4 is 5.32 Å². The van der Waals surface area contributed by atoms with Gasteiger partial charge in [-0.1, -0.05) is 17.7 Å². The number of rotatable bonds is 4. The van der Waals surface area contributed by atoms with Gasteiger partial charge in [0.05, 0.1) is 10.6 Å². The van der Waals surface area contributed by atoms with Crippen LogP contribution in [0.4, 0.5) is 17.1 Å². The SMILES string of the molecule is O=[N+]([O-])c1ccc(Nc2cc(Cl)ccc2-c2ccccn2)cc1. The molecule has 0 amide bonds. The van der Waals surface area contributed by atoms with Gasteiger partial charge >= 0.3 is 0 Å². The number of benzene rings is 2. The Morgan fingerprint density at radius 2 is 1.83 bits per heavy atom. The molecule has 0 spiro atoms. The van der Waals surface area contributed by atoms with E-state index in [-0.39, 0.29) is 5.69 Å². The van der Waals surface area contributed by atoms with E-state index >= 15 is 0 Å². The maximum Gasteiger partial charge on any atom is 0.269 e. The molecule has 0 saturated carbocycles. The number of halogens is 1. The number of hydrogen-bond acceptors (Lipinski definition) is 4. The van der Waals surface area contributed by atoms with Gasteiger partial charge in [0, 0.05) is 40.3 Å². The quantitative estimate of drug-likeness (QED) is 0.538. The number of anilines is 2. The zero-order valence-electron chi connectivity index (χ0n) is 11.9. The van der Waals surface area contributed by atoms with Gasteiger partial charge in [-0.05, 0) is 42.5 Å². The minimum atomic E-state index is -0.428. The van der Waals surface area contributed by atoms with Crippen molar-refractivity contribution in [3.05, 3.63) is 82.0 Å². The first-order chi connectivity index (χ1) is 11.1. The van der Waals surface area contributed by atoms with Gasteiger partial charge in [-0.15, -0.1) is 0 Å². The molecular weight excluding hydrogens is 314 g/mol. The van der Waals surface area contributed by atoms with E-state index in [2.05, 4.69) is 10.3 Å². The molecule has 1 N–H and O–H groups in total. The number of hydrogen-bond donors (Lipinski definition) is 1. The lowest BCUT2D eigenvalue weighted by Crippen LogP contribution is -1.95. The second-order valence-electron chi connectivity index (χ2n) is 4.83. The van der Waals surface area contributed by atoms with Gasteiger partial charge in [0.2, 0.25) is 0 Å². The molecule has 2 aromatic carbocycles. The average molecular weight is 326 g/mol. The summed E-state index contributed by atoms with van der Waals surface area (Å²) < 4.78 is 0. The van der Waals surface area contributed by atoms with Crippen molar-refractivity contribution >= 4 is 28.7 Å². The first-order valence-corrected chi connectivity index (χ1v) is 7.24. The third-order valence-corrected chi connectivity index (χ3v) is 3.51. The average Bonchev–Trinajstić information content (AvgIpc) is 2.56. The second-order valence-corrected chi connectivity index (χ2v) is 5.27. The molecule has 0 unspecified atom stereocenters. The van der Waals surface area contributed by atoms with E-state index in [0.29, 0.717) is 5.02 Å². The molecule has 0 saturated heterocycles. The van der Waals surface area contributed by atoms with Crippen molar-refractivity contribution in [2.45, 2.75) is 0 Å². The molecule has 1 aromatic heterocycles. The van der Waals surface area contributed by atoms with Crippen molar-refractivity contribution in [2.75, 3.05) is 5.32 Å². The molecule has 0 aliphatic rings. The van der Waals surface area contributed by atoms with Gasteiger partial charge in [0.25, 0.3) is 5.69 Å². The molecule has 6 heteroatoms. The number of aromatic nitrogens is 1. The highest BCUT2D eigenvalue weighted by Crippen LogP contribution is 2.32. The third-order valence-electron chi connectivity index (χ3n) is 3.28. The van der Waals surface area contributed by atoms with Crippen LogP contribution in [0.5, 0.6) is 0 Å². The molecule has 23 heavy (non-hydrogen) atoms. The topological polar surface area (TPSA) is 68.1 Å². The lowest BCUT2D eigenvalue weighted by atomic mass is 10.1. The van der Waals surface area contributed by atoms with E-state index in [1.165, 1.54) is 12.1 Å². The fourth-order valence-electron chi connectivity index (χ4n) is 2.19. The number of pyridine rings is 1. The van der Waals surface area contributed by atoms with Gasteiger partial charge in [-0.25, -0.2) is 0 Å². The fourth-order valence-corrected chi connectivity index (χ4v) is 2.36. The summed E-state index contributed by atoms with van der Waals surface area (Å²) in [5.41, 5.74) is 3.27. The molecule has 0 radical (unpaired) electrons. The van der Waals surface area contributed by atoms with Gasteiger partial charge in [0.1, 0.15) is 0 Å². The summed E-state index contributed by atoms with van der Waals surface area (Å²) in [5, 5.41) is 14.5. The lowest BCUT2D eigenvalue weighted by Gasteiger charge is -2.12. The summed E-state index contributed by atoms with van der Waals surface area (Å²) in [5.74, 6) is 0. The summed E-state index contributed by atoms with van der Waals surface area (Å²) >= 11 is 6.09. The molecule has 3 rings (SSSR count). The van der Waals surface area contributed by atoms with Gasteiger partial charge in [-0.2, -0.15) is 0 Å². The Kier molecular flexibility index (Phi) is 4.21. The first kappa shape index (κ1) is 15.0. The predicted octanol–water partition coefficient (Wildman–Crippen LogP) is 5.05. The van der Waals surface area contributed by atoms with E-state index in [1.807, 2.05) is 24.3 Å². The highest BCUT2D eigenvalue weighted by molar-refractivity contribution is 6.31. The normalized spacial score (nSPS) is 10.3. The van der Waals surface area contributed by atoms with Crippen LogP contribution in [0.2, 0.25) is 5.02 Å². The van der Waals surface area contributed by atoms with E-state index in [9.17, 15) is 10.1 Å². The first-order valence-electron chi connectivity index (χ1n) is 6.86. The Morgan fingerprint density at radius 3 is 2.48 bits per heavy atom. The maximum atomic E-state index is 10.7. The maximum absolute atomic E-state index is 10.7. The number of non-ortho nitro benzene ring substituents is 1. The molecule has 3 aromatic rings. The molecule has 0 aliphatic heterocycles. The van der Waals surface area contributed by atoms with Crippen molar-refractivity contribution in [1.82, 2.24) is 4.98 Å². The van der Waals surface area contributed by atoms with Crippen LogP contribution in [0.15, 0.2) is 66.9 Å². The zero-order chi connectivity index (χ0) is 16.2. The van der Waals surface area contributed by atoms with Crippen molar-refractivity contribution in [2.24, 2.45) is 0 Å². The Morgan fingerprint density at radius 1 is 1.04 bits per heavy atom. The Hall–Kier alpha value is -2.92. The molecule has 0 atom stereocenters. The molecule has 0 bridgehead atoms. The van der Waals surface area contributed by atoms with E-state index in [4.69, 9.17) is 11.6 Å². The fraction of sp³-hybridized carbons (Fsp3) is 0. The number of nitrogens with one attached hydrogen (secondary N) is 1. The third kappa shape index (κ3) is 3.46. The predicted molar refractivity (Wildman–Crippen MR) is 91.1 cm³/mol. The van der Waals surface area contributed by atoms with Crippen LogP contribution >= 0.6 is 11.6 Å².